The molecule has 8 heteroatoms. The van der Waals surface area contributed by atoms with Crippen LogP contribution < -0.4 is 0 Å². The molecule has 1 aliphatic rings. The number of hydrogen-bond acceptors (Lipinski definition) is 6. The van der Waals surface area contributed by atoms with Gasteiger partial charge in [0.25, 0.3) is 0 Å². The standard InChI is InChI=1S/C24H34N3O.2CH4O.CHO.Re/c25-13-18-27(20-23-9-4-5-10-24(23)28)15-6-14-26-16-11-22(12-17-26)19-21-7-2-1-3-8-21;3*1-2;/h1-5,7-10,22,25,28H,6,11-20H2;2*2H,1H3;1H;/q-1;;;-1;. The normalized spacial score (nSPS) is 13.2. The minimum absolute atomic E-state index is 0. The Morgan fingerprint density at radius 2 is 1.51 bits per heavy atom. The summed E-state index contributed by atoms with van der Waals surface area (Å²) < 4.78 is 0. The van der Waals surface area contributed by atoms with Gasteiger partial charge in [-0.05, 0) is 76.0 Å². The molecule has 3 rings (SSSR count). The summed E-state index contributed by atoms with van der Waals surface area (Å²) in [6.07, 6.45) is 4.93. The van der Waals surface area contributed by atoms with Gasteiger partial charge in [0, 0.05) is 46.8 Å². The van der Waals surface area contributed by atoms with Crippen molar-refractivity contribution >= 4 is 6.79 Å². The molecule has 1 aliphatic heterocycles. The Morgan fingerprint density at radius 1 is 0.943 bits per heavy atom. The Hall–Kier alpha value is -1.63. The van der Waals surface area contributed by atoms with Crippen LogP contribution in [0.4, 0.5) is 0 Å². The molecule has 1 fully saturated rings. The molecule has 199 valence electrons. The number of nitrogens with zero attached hydrogens (tertiary/aromatic N) is 2. The summed E-state index contributed by atoms with van der Waals surface area (Å²) in [7, 11) is 2.00. The van der Waals surface area contributed by atoms with E-state index in [-0.39, 0.29) is 20.4 Å². The van der Waals surface area contributed by atoms with Gasteiger partial charge >= 0.3 is 0 Å². The van der Waals surface area contributed by atoms with Gasteiger partial charge in [0.15, 0.2) is 0 Å². The number of piperidine rings is 1. The molecule has 1 heterocycles. The Bertz CT molecular complexity index is 717. The van der Waals surface area contributed by atoms with Crippen molar-refractivity contribution in [1.29, 1.82) is 0 Å². The second-order valence-corrected chi connectivity index (χ2v) is 7.98. The molecule has 2 aromatic carbocycles. The summed E-state index contributed by atoms with van der Waals surface area (Å²) in [5, 5.41) is 24.0. The Kier molecular flexibility index (Phi) is 24.5. The van der Waals surface area contributed by atoms with Gasteiger partial charge in [0.2, 0.25) is 0 Å². The molecule has 4 N–H and O–H groups in total. The van der Waals surface area contributed by atoms with Crippen LogP contribution in [0.2, 0.25) is 0 Å². The first-order chi connectivity index (χ1) is 16.7. The zero-order valence-electron chi connectivity index (χ0n) is 21.2. The molecule has 35 heavy (non-hydrogen) atoms. The maximum absolute atomic E-state index is 10.0. The number of nitrogens with one attached hydrogen (secondary N) is 1. The summed E-state index contributed by atoms with van der Waals surface area (Å²) >= 11 is 0. The smallest absolute Gasteiger partial charge is 0.120 e. The average molecular weight is 660 g/mol. The third-order valence-corrected chi connectivity index (χ3v) is 5.84. The molecule has 0 saturated carbocycles. The van der Waals surface area contributed by atoms with Crippen molar-refractivity contribution in [3.05, 3.63) is 71.5 Å². The number of phenolic OH excluding ortho intramolecular Hbond substituents is 1. The maximum atomic E-state index is 10.0. The molecule has 1 radical (unpaired) electrons. The van der Waals surface area contributed by atoms with E-state index in [9.17, 15) is 5.11 Å². The number of rotatable bonds is 10. The van der Waals surface area contributed by atoms with Crippen LogP contribution in [0.5, 0.6) is 5.75 Å². The molecule has 0 amide bonds. The zero-order chi connectivity index (χ0) is 25.6. The number of aliphatic hydroxyl groups is 2. The minimum atomic E-state index is 0. The van der Waals surface area contributed by atoms with E-state index in [1.807, 2.05) is 18.2 Å². The topological polar surface area (TPSA) is 108 Å². The molecular formula is C27H43N3O4Re-2. The first-order valence-corrected chi connectivity index (χ1v) is 11.8. The molecule has 0 spiro atoms. The molecule has 0 bridgehead atoms. The van der Waals surface area contributed by atoms with Crippen LogP contribution in [0.15, 0.2) is 54.6 Å². The Morgan fingerprint density at radius 3 is 2.09 bits per heavy atom. The van der Waals surface area contributed by atoms with Crippen molar-refractivity contribution in [1.82, 2.24) is 9.80 Å². The second kappa shape index (κ2) is 24.1. The van der Waals surface area contributed by atoms with E-state index in [2.05, 4.69) is 46.9 Å². The van der Waals surface area contributed by atoms with Crippen LogP contribution in [-0.4, -0.2) is 85.4 Å². The monoisotopic (exact) mass is 660 g/mol. The third-order valence-electron chi connectivity index (χ3n) is 5.84. The van der Waals surface area contributed by atoms with Gasteiger partial charge in [0.1, 0.15) is 5.75 Å². The van der Waals surface area contributed by atoms with Crippen LogP contribution in [-0.2, 0) is 38.2 Å². The van der Waals surface area contributed by atoms with Crippen LogP contribution in [0, 0.1) is 5.92 Å². The van der Waals surface area contributed by atoms with E-state index >= 15 is 0 Å². The molecule has 2 aromatic rings. The summed E-state index contributed by atoms with van der Waals surface area (Å²) in [6.45, 7) is 9.66. The van der Waals surface area contributed by atoms with Crippen LogP contribution in [0.1, 0.15) is 30.4 Å². The van der Waals surface area contributed by atoms with Crippen molar-refractivity contribution in [2.75, 3.05) is 53.5 Å². The van der Waals surface area contributed by atoms with Crippen molar-refractivity contribution in [2.24, 2.45) is 5.92 Å². The van der Waals surface area contributed by atoms with Crippen molar-refractivity contribution in [3.63, 3.8) is 0 Å². The van der Waals surface area contributed by atoms with Gasteiger partial charge in [-0.1, -0.05) is 48.5 Å². The molecule has 0 aromatic heterocycles. The number of para-hydroxylation sites is 1. The number of likely N-dealkylation sites (tertiary alicyclic amines) is 1. The summed E-state index contributed by atoms with van der Waals surface area (Å²) in [5.74, 6) is 1.18. The molecule has 1 saturated heterocycles. The average Bonchev–Trinajstić information content (AvgIpc) is 2.91. The van der Waals surface area contributed by atoms with Crippen molar-refractivity contribution in [2.45, 2.75) is 32.2 Å². The fraction of sp³-hybridized carbons (Fsp3) is 0.519. The molecular weight excluding hydrogens is 617 g/mol. The number of phenols is 1. The SMILES string of the molecule is CO.CO.[CH-]=O.[NH-]CCN(CCCN1CCC(Cc2ccccc2)CC1)Cc1ccccc1O.[Re]. The minimum Gasteiger partial charge on any atom is -0.676 e. The second-order valence-electron chi connectivity index (χ2n) is 7.98. The van der Waals surface area contributed by atoms with E-state index in [1.54, 1.807) is 6.07 Å². The van der Waals surface area contributed by atoms with E-state index in [4.69, 9.17) is 20.7 Å². The molecule has 0 atom stereocenters. The summed E-state index contributed by atoms with van der Waals surface area (Å²) in [6, 6.07) is 18.4. The molecule has 0 unspecified atom stereocenters. The first kappa shape index (κ1) is 35.5. The number of aromatic hydroxyl groups is 1. The van der Waals surface area contributed by atoms with E-state index in [0.717, 1.165) is 58.3 Å². The van der Waals surface area contributed by atoms with Gasteiger partial charge in [-0.3, -0.25) is 6.79 Å². The Balaban J connectivity index is 0. The van der Waals surface area contributed by atoms with Crippen molar-refractivity contribution in [3.8, 4) is 5.75 Å². The zero-order valence-corrected chi connectivity index (χ0v) is 23.9. The van der Waals surface area contributed by atoms with Gasteiger partial charge in [-0.25, -0.2) is 0 Å². The molecule has 7 nitrogen and oxygen atoms in total. The van der Waals surface area contributed by atoms with Crippen LogP contribution in [0.25, 0.3) is 5.73 Å². The third kappa shape index (κ3) is 15.2. The molecule has 0 aliphatic carbocycles. The van der Waals surface area contributed by atoms with Gasteiger partial charge < -0.3 is 35.6 Å². The predicted octanol–water partition coefficient (Wildman–Crippen LogP) is 3.53. The number of benzene rings is 2. The summed E-state index contributed by atoms with van der Waals surface area (Å²) in [5.41, 5.74) is 10.0. The fourth-order valence-corrected chi connectivity index (χ4v) is 4.19. The largest absolute Gasteiger partial charge is 0.676 e. The van der Waals surface area contributed by atoms with E-state index in [0.29, 0.717) is 12.3 Å². The number of carbonyl (C=O) groups excluding carboxylic acids is 1. The van der Waals surface area contributed by atoms with E-state index in [1.165, 1.54) is 37.9 Å². The quantitative estimate of drug-likeness (QED) is 0.266. The first-order valence-electron chi connectivity index (χ1n) is 11.8. The van der Waals surface area contributed by atoms with Crippen molar-refractivity contribution < 1.29 is 40.5 Å². The van der Waals surface area contributed by atoms with Crippen LogP contribution in [0.3, 0.4) is 0 Å². The van der Waals surface area contributed by atoms with Gasteiger partial charge in [-0.15, -0.1) is 6.54 Å². The summed E-state index contributed by atoms with van der Waals surface area (Å²) in [4.78, 5) is 12.6. The number of aliphatic hydroxyl groups excluding tert-OH is 2. The van der Waals surface area contributed by atoms with E-state index < -0.39 is 0 Å². The number of hydrogen-bond donors (Lipinski definition) is 3. The van der Waals surface area contributed by atoms with Crippen LogP contribution >= 0.6 is 0 Å². The van der Waals surface area contributed by atoms with Gasteiger partial charge in [-0.2, -0.15) is 0 Å². The maximum Gasteiger partial charge on any atom is 0.120 e. The fourth-order valence-electron chi connectivity index (χ4n) is 4.19. The predicted molar refractivity (Wildman–Crippen MR) is 140 cm³/mol. The Labute approximate surface area is 225 Å². The van der Waals surface area contributed by atoms with Gasteiger partial charge in [0.05, 0.1) is 0 Å².